The van der Waals surface area contributed by atoms with Gasteiger partial charge in [-0.25, -0.2) is 9.78 Å². The minimum Gasteiger partial charge on any atom is -0.444 e. The number of hydrogen-bond donors (Lipinski definition) is 1. The summed E-state index contributed by atoms with van der Waals surface area (Å²) in [5.41, 5.74) is -0.0646. The number of rotatable bonds is 6. The van der Waals surface area contributed by atoms with Gasteiger partial charge in [0, 0.05) is 32.4 Å². The number of oxime groups is 1. The SMILES string of the molecule is CC(/C=N/OCC(=O)N1CCN(c2ccc(C#N)cn2)CC1)NC(=O)OC(C)(C)C. The molecule has 0 spiro atoms. The lowest BCUT2D eigenvalue weighted by atomic mass is 10.2. The molecule has 1 aliphatic rings. The molecule has 1 saturated heterocycles. The van der Waals surface area contributed by atoms with Gasteiger partial charge in [-0.2, -0.15) is 5.26 Å². The van der Waals surface area contributed by atoms with Gasteiger partial charge in [-0.1, -0.05) is 5.16 Å². The highest BCUT2D eigenvalue weighted by Crippen LogP contribution is 2.14. The molecule has 1 aliphatic heterocycles. The van der Waals surface area contributed by atoms with Crippen LogP contribution in [0.3, 0.4) is 0 Å². The van der Waals surface area contributed by atoms with Crippen LogP contribution >= 0.6 is 0 Å². The lowest BCUT2D eigenvalue weighted by Crippen LogP contribution is -2.49. The van der Waals surface area contributed by atoms with Gasteiger partial charge in [-0.05, 0) is 39.8 Å². The van der Waals surface area contributed by atoms with Crippen LogP contribution in [0.1, 0.15) is 33.3 Å². The second-order valence-electron chi connectivity index (χ2n) is 7.85. The summed E-state index contributed by atoms with van der Waals surface area (Å²) in [6.07, 6.45) is 2.38. The molecule has 0 bridgehead atoms. The van der Waals surface area contributed by atoms with E-state index in [9.17, 15) is 9.59 Å². The van der Waals surface area contributed by atoms with Crippen LogP contribution in [0.15, 0.2) is 23.5 Å². The summed E-state index contributed by atoms with van der Waals surface area (Å²) in [5, 5.41) is 15.2. The van der Waals surface area contributed by atoms with Crippen molar-refractivity contribution in [3.05, 3.63) is 23.9 Å². The van der Waals surface area contributed by atoms with Crippen molar-refractivity contribution in [2.24, 2.45) is 5.16 Å². The molecule has 0 radical (unpaired) electrons. The Bertz CT molecular complexity index is 789. The average Bonchev–Trinajstić information content (AvgIpc) is 2.69. The monoisotopic (exact) mass is 416 g/mol. The van der Waals surface area contributed by atoms with Crippen molar-refractivity contribution in [2.45, 2.75) is 39.3 Å². The third-order valence-electron chi connectivity index (χ3n) is 4.12. The van der Waals surface area contributed by atoms with E-state index < -0.39 is 17.7 Å². The molecule has 0 aromatic carbocycles. The van der Waals surface area contributed by atoms with E-state index in [1.54, 1.807) is 44.7 Å². The summed E-state index contributed by atoms with van der Waals surface area (Å²) in [4.78, 5) is 37.0. The van der Waals surface area contributed by atoms with Crippen molar-refractivity contribution in [3.63, 3.8) is 0 Å². The number of piperazine rings is 1. The minimum atomic E-state index is -0.579. The Labute approximate surface area is 176 Å². The van der Waals surface area contributed by atoms with Crippen LogP contribution in [-0.2, 0) is 14.4 Å². The van der Waals surface area contributed by atoms with Crippen LogP contribution in [0, 0.1) is 11.3 Å². The van der Waals surface area contributed by atoms with Gasteiger partial charge < -0.3 is 24.7 Å². The van der Waals surface area contributed by atoms with Crippen molar-refractivity contribution >= 4 is 24.0 Å². The van der Waals surface area contributed by atoms with E-state index >= 15 is 0 Å². The molecule has 1 N–H and O–H groups in total. The number of aromatic nitrogens is 1. The van der Waals surface area contributed by atoms with E-state index in [-0.39, 0.29) is 12.5 Å². The van der Waals surface area contributed by atoms with E-state index in [0.717, 1.165) is 5.82 Å². The molecule has 0 saturated carbocycles. The zero-order valence-corrected chi connectivity index (χ0v) is 17.8. The van der Waals surface area contributed by atoms with Crippen molar-refractivity contribution in [1.82, 2.24) is 15.2 Å². The normalized spacial score (nSPS) is 15.4. The summed E-state index contributed by atoms with van der Waals surface area (Å²) in [6, 6.07) is 5.17. The van der Waals surface area contributed by atoms with Crippen LogP contribution in [0.25, 0.3) is 0 Å². The van der Waals surface area contributed by atoms with Crippen LogP contribution < -0.4 is 10.2 Å². The summed E-state index contributed by atoms with van der Waals surface area (Å²) < 4.78 is 5.15. The van der Waals surface area contributed by atoms with Gasteiger partial charge in [0.05, 0.1) is 17.8 Å². The van der Waals surface area contributed by atoms with Crippen molar-refractivity contribution in [2.75, 3.05) is 37.7 Å². The highest BCUT2D eigenvalue weighted by molar-refractivity contribution is 5.78. The first-order valence-corrected chi connectivity index (χ1v) is 9.72. The largest absolute Gasteiger partial charge is 0.444 e. The number of hydrogen-bond acceptors (Lipinski definition) is 8. The number of carbonyl (C=O) groups is 2. The first-order valence-electron chi connectivity index (χ1n) is 9.72. The van der Waals surface area contributed by atoms with Crippen molar-refractivity contribution in [1.29, 1.82) is 5.26 Å². The Morgan fingerprint density at radius 3 is 2.60 bits per heavy atom. The summed E-state index contributed by atoms with van der Waals surface area (Å²) in [7, 11) is 0. The lowest BCUT2D eigenvalue weighted by Gasteiger charge is -2.35. The summed E-state index contributed by atoms with van der Waals surface area (Å²) >= 11 is 0. The van der Waals surface area contributed by atoms with Crippen LogP contribution in [-0.4, -0.2) is 72.5 Å². The van der Waals surface area contributed by atoms with Gasteiger partial charge in [0.15, 0.2) is 6.61 Å². The van der Waals surface area contributed by atoms with E-state index in [1.807, 2.05) is 6.07 Å². The lowest BCUT2D eigenvalue weighted by molar-refractivity contribution is -0.136. The first kappa shape index (κ1) is 22.9. The van der Waals surface area contributed by atoms with Crippen molar-refractivity contribution < 1.29 is 19.2 Å². The maximum atomic E-state index is 12.3. The molecule has 1 atom stereocenters. The topological polar surface area (TPSA) is 120 Å². The van der Waals surface area contributed by atoms with Gasteiger partial charge >= 0.3 is 6.09 Å². The summed E-state index contributed by atoms with van der Waals surface area (Å²) in [6.45, 7) is 9.26. The van der Waals surface area contributed by atoms with Gasteiger partial charge in [-0.15, -0.1) is 0 Å². The molecule has 30 heavy (non-hydrogen) atoms. The molecule has 2 heterocycles. The Morgan fingerprint density at radius 1 is 1.33 bits per heavy atom. The Hall–Kier alpha value is -3.35. The van der Waals surface area contributed by atoms with Gasteiger partial charge in [0.25, 0.3) is 5.91 Å². The fourth-order valence-corrected chi connectivity index (χ4v) is 2.67. The maximum Gasteiger partial charge on any atom is 0.408 e. The zero-order valence-electron chi connectivity index (χ0n) is 17.8. The quantitative estimate of drug-likeness (QED) is 0.551. The second kappa shape index (κ2) is 10.4. The highest BCUT2D eigenvalue weighted by atomic mass is 16.6. The highest BCUT2D eigenvalue weighted by Gasteiger charge is 2.22. The molecule has 0 aliphatic carbocycles. The number of nitriles is 1. The molecule has 162 valence electrons. The van der Waals surface area contributed by atoms with E-state index in [1.165, 1.54) is 12.4 Å². The average molecular weight is 416 g/mol. The number of carbonyl (C=O) groups excluding carboxylic acids is 2. The number of ether oxygens (including phenoxy) is 1. The van der Waals surface area contributed by atoms with Gasteiger partial charge in [-0.3, -0.25) is 4.79 Å². The fraction of sp³-hybridized carbons (Fsp3) is 0.550. The molecule has 2 rings (SSSR count). The van der Waals surface area contributed by atoms with E-state index in [4.69, 9.17) is 14.8 Å². The molecule has 10 nitrogen and oxygen atoms in total. The smallest absolute Gasteiger partial charge is 0.408 e. The number of pyridine rings is 1. The van der Waals surface area contributed by atoms with Crippen LogP contribution in [0.4, 0.5) is 10.6 Å². The number of nitrogens with zero attached hydrogens (tertiary/aromatic N) is 5. The number of alkyl carbamates (subject to hydrolysis) is 1. The third-order valence-corrected chi connectivity index (χ3v) is 4.12. The second-order valence-corrected chi connectivity index (χ2v) is 7.85. The standard InChI is InChI=1S/C20H28N6O4/c1-15(24-19(28)30-20(2,3)4)12-23-29-14-18(27)26-9-7-25(8-10-26)17-6-5-16(11-21)13-22-17/h5-6,12-13,15H,7-10,14H2,1-4H3,(H,24,28)/b23-12+. The predicted molar refractivity (Wildman–Crippen MR) is 111 cm³/mol. The molecule has 1 unspecified atom stereocenters. The Kier molecular flexibility index (Phi) is 7.98. The molecule has 10 heteroatoms. The number of anilines is 1. The fourth-order valence-electron chi connectivity index (χ4n) is 2.67. The van der Waals surface area contributed by atoms with Gasteiger partial charge in [0.2, 0.25) is 0 Å². The number of nitrogens with one attached hydrogen (secondary N) is 1. The van der Waals surface area contributed by atoms with Crippen LogP contribution in [0.2, 0.25) is 0 Å². The molecule has 1 aromatic rings. The molecule has 2 amide bonds. The molecule has 1 aromatic heterocycles. The maximum absolute atomic E-state index is 12.3. The Balaban J connectivity index is 1.69. The number of amides is 2. The summed E-state index contributed by atoms with van der Waals surface area (Å²) in [5.74, 6) is 0.626. The van der Waals surface area contributed by atoms with Crippen molar-refractivity contribution in [3.8, 4) is 6.07 Å². The predicted octanol–water partition coefficient (Wildman–Crippen LogP) is 1.52. The molecular formula is C20H28N6O4. The Morgan fingerprint density at radius 2 is 2.03 bits per heavy atom. The first-order chi connectivity index (χ1) is 14.2. The van der Waals surface area contributed by atoms with E-state index in [2.05, 4.69) is 20.4 Å². The minimum absolute atomic E-state index is 0.160. The van der Waals surface area contributed by atoms with Gasteiger partial charge in [0.1, 0.15) is 17.5 Å². The zero-order chi connectivity index (χ0) is 22.1. The molecule has 1 fully saturated rings. The third kappa shape index (κ3) is 7.58. The van der Waals surface area contributed by atoms with Crippen LogP contribution in [0.5, 0.6) is 0 Å². The molecular weight excluding hydrogens is 388 g/mol. The van der Waals surface area contributed by atoms with E-state index in [0.29, 0.717) is 31.7 Å².